The quantitative estimate of drug-likeness (QED) is 0.850. The van der Waals surface area contributed by atoms with Crippen molar-refractivity contribution >= 4 is 23.3 Å². The second-order valence-corrected chi connectivity index (χ2v) is 7.73. The van der Waals surface area contributed by atoms with E-state index in [0.717, 1.165) is 64.1 Å². The predicted octanol–water partition coefficient (Wildman–Crippen LogP) is 1.94. The van der Waals surface area contributed by atoms with Crippen molar-refractivity contribution in [3.63, 3.8) is 0 Å². The molecule has 1 saturated heterocycles. The summed E-state index contributed by atoms with van der Waals surface area (Å²) < 4.78 is 0. The van der Waals surface area contributed by atoms with Gasteiger partial charge in [-0.2, -0.15) is 4.99 Å². The summed E-state index contributed by atoms with van der Waals surface area (Å²) in [6.07, 6.45) is 5.43. The van der Waals surface area contributed by atoms with E-state index in [1.807, 2.05) is 0 Å². The molecule has 0 unspecified atom stereocenters. The third-order valence-corrected chi connectivity index (χ3v) is 6.13. The highest BCUT2D eigenvalue weighted by molar-refractivity contribution is 6.07. The van der Waals surface area contributed by atoms with Crippen molar-refractivity contribution < 1.29 is 0 Å². The van der Waals surface area contributed by atoms with Crippen molar-refractivity contribution in [2.75, 3.05) is 42.5 Å². The molecule has 7 heteroatoms. The van der Waals surface area contributed by atoms with Gasteiger partial charge in [-0.1, -0.05) is 25.5 Å². The van der Waals surface area contributed by atoms with Gasteiger partial charge < -0.3 is 21.3 Å². The summed E-state index contributed by atoms with van der Waals surface area (Å²) in [5.74, 6) is 0.767. The van der Waals surface area contributed by atoms with Crippen LogP contribution in [0, 0.1) is 0 Å². The van der Waals surface area contributed by atoms with Gasteiger partial charge in [-0.05, 0) is 44.4 Å². The van der Waals surface area contributed by atoms with Crippen LogP contribution in [0.2, 0.25) is 0 Å². The van der Waals surface area contributed by atoms with Gasteiger partial charge in [0.2, 0.25) is 11.9 Å². The number of para-hydroxylation sites is 2. The lowest BCUT2D eigenvalue weighted by molar-refractivity contribution is 0.271. The summed E-state index contributed by atoms with van der Waals surface area (Å²) >= 11 is 0. The van der Waals surface area contributed by atoms with Crippen LogP contribution in [-0.4, -0.2) is 55.2 Å². The van der Waals surface area contributed by atoms with Gasteiger partial charge in [0.25, 0.3) is 0 Å². The summed E-state index contributed by atoms with van der Waals surface area (Å²) in [6.45, 7) is 7.56. The number of nitrogens with zero attached hydrogens (tertiary/aromatic N) is 5. The van der Waals surface area contributed by atoms with Gasteiger partial charge in [0.15, 0.2) is 0 Å². The zero-order valence-electron chi connectivity index (χ0n) is 16.3. The average Bonchev–Trinajstić information content (AvgIpc) is 2.68. The number of nitrogens with two attached hydrogens (primary N) is 2. The highest BCUT2D eigenvalue weighted by Gasteiger charge is 2.43. The Kier molecular flexibility index (Phi) is 4.95. The Labute approximate surface area is 161 Å². The molecule has 4 N–H and O–H groups in total. The average molecular weight is 370 g/mol. The predicted molar refractivity (Wildman–Crippen MR) is 112 cm³/mol. The number of rotatable bonds is 3. The van der Waals surface area contributed by atoms with E-state index in [2.05, 4.69) is 50.9 Å². The monoisotopic (exact) mass is 369 g/mol. The zero-order valence-corrected chi connectivity index (χ0v) is 16.3. The highest BCUT2D eigenvalue weighted by atomic mass is 15.4. The molecule has 0 radical (unpaired) electrons. The topological polar surface area (TPSA) is 86.5 Å². The largest absolute Gasteiger partial charge is 0.369 e. The maximum atomic E-state index is 6.44. The third-order valence-electron chi connectivity index (χ3n) is 6.13. The van der Waals surface area contributed by atoms with E-state index in [1.54, 1.807) is 0 Å². The van der Waals surface area contributed by atoms with Crippen LogP contribution in [0.5, 0.6) is 0 Å². The number of benzene rings is 1. The number of guanidine groups is 2. The molecule has 146 valence electrons. The van der Waals surface area contributed by atoms with E-state index >= 15 is 0 Å². The first-order chi connectivity index (χ1) is 13.1. The molecule has 2 fully saturated rings. The number of likely N-dealkylation sites (N-methyl/N-ethyl adjacent to an activating group) is 1. The van der Waals surface area contributed by atoms with Crippen molar-refractivity contribution in [1.29, 1.82) is 0 Å². The number of aliphatic imine (C=N–C) groups is 2. The Morgan fingerprint density at radius 1 is 0.963 bits per heavy atom. The van der Waals surface area contributed by atoms with Crippen molar-refractivity contribution in [2.45, 2.75) is 44.7 Å². The second-order valence-electron chi connectivity index (χ2n) is 7.73. The Morgan fingerprint density at radius 3 is 2.30 bits per heavy atom. The molecule has 1 spiro atoms. The van der Waals surface area contributed by atoms with Crippen LogP contribution in [-0.2, 0) is 0 Å². The van der Waals surface area contributed by atoms with Gasteiger partial charge in [-0.15, -0.1) is 0 Å². The molecule has 27 heavy (non-hydrogen) atoms. The molecule has 1 aromatic carbocycles. The first-order valence-corrected chi connectivity index (χ1v) is 10.2. The van der Waals surface area contributed by atoms with E-state index in [0.29, 0.717) is 11.9 Å². The van der Waals surface area contributed by atoms with Crippen LogP contribution in [0.15, 0.2) is 34.3 Å². The van der Waals surface area contributed by atoms with Crippen molar-refractivity contribution in [1.82, 2.24) is 4.90 Å². The molecule has 2 aliphatic heterocycles. The Balaban J connectivity index is 1.71. The molecule has 0 bridgehead atoms. The fourth-order valence-corrected chi connectivity index (χ4v) is 4.70. The van der Waals surface area contributed by atoms with E-state index in [9.17, 15) is 0 Å². The normalized spacial score (nSPS) is 23.3. The smallest absolute Gasteiger partial charge is 0.220 e. The maximum absolute atomic E-state index is 6.44. The van der Waals surface area contributed by atoms with Gasteiger partial charge in [-0.3, -0.25) is 4.90 Å². The van der Waals surface area contributed by atoms with E-state index in [1.165, 1.54) is 12.1 Å². The minimum atomic E-state index is -0.393. The number of piperazine rings is 1. The molecule has 0 atom stereocenters. The second kappa shape index (κ2) is 7.38. The molecule has 1 aromatic rings. The SMILES string of the molecule is CCN1CCN(c2ccccc2N2C(N)=NC(N)=NC23CCCCC3)CC1. The standard InChI is InChI=1S/C20H31N7/c1-2-25-12-14-26(15-13-25)16-8-4-5-9-17(16)27-19(22)23-18(21)24-20(27)10-6-3-7-11-20/h4-5,8-9H,2-3,6-7,10-15H2,1H3,(H4,21,22,23,24). The van der Waals surface area contributed by atoms with Crippen molar-refractivity contribution in [3.05, 3.63) is 24.3 Å². The lowest BCUT2D eigenvalue weighted by Gasteiger charge is -2.47. The highest BCUT2D eigenvalue weighted by Crippen LogP contribution is 2.42. The van der Waals surface area contributed by atoms with Gasteiger partial charge in [0, 0.05) is 26.2 Å². The molecule has 2 heterocycles. The van der Waals surface area contributed by atoms with Crippen molar-refractivity contribution in [3.8, 4) is 0 Å². The third kappa shape index (κ3) is 3.36. The number of anilines is 2. The minimum Gasteiger partial charge on any atom is -0.369 e. The van der Waals surface area contributed by atoms with Gasteiger partial charge in [0.1, 0.15) is 5.66 Å². The molecule has 4 rings (SSSR count). The zero-order chi connectivity index (χ0) is 18.9. The Hall–Kier alpha value is -2.28. The van der Waals surface area contributed by atoms with Crippen LogP contribution in [0.3, 0.4) is 0 Å². The fraction of sp³-hybridized carbons (Fsp3) is 0.600. The van der Waals surface area contributed by atoms with Crippen LogP contribution in [0.1, 0.15) is 39.0 Å². The molecular formula is C20H31N7. The van der Waals surface area contributed by atoms with E-state index in [-0.39, 0.29) is 0 Å². The summed E-state index contributed by atoms with van der Waals surface area (Å²) in [6, 6.07) is 8.53. The molecule has 0 amide bonds. The summed E-state index contributed by atoms with van der Waals surface area (Å²) in [5.41, 5.74) is 14.4. The number of hydrogen-bond donors (Lipinski definition) is 2. The molecule has 0 aromatic heterocycles. The van der Waals surface area contributed by atoms with Crippen molar-refractivity contribution in [2.24, 2.45) is 21.5 Å². The van der Waals surface area contributed by atoms with E-state index in [4.69, 9.17) is 16.5 Å². The Bertz CT molecular complexity index is 728. The van der Waals surface area contributed by atoms with Crippen LogP contribution >= 0.6 is 0 Å². The van der Waals surface area contributed by atoms with E-state index < -0.39 is 5.66 Å². The van der Waals surface area contributed by atoms with Crippen LogP contribution in [0.25, 0.3) is 0 Å². The molecular weight excluding hydrogens is 338 g/mol. The first-order valence-electron chi connectivity index (χ1n) is 10.2. The lowest BCUT2D eigenvalue weighted by atomic mass is 9.87. The van der Waals surface area contributed by atoms with Gasteiger partial charge in [0.05, 0.1) is 11.4 Å². The lowest BCUT2D eigenvalue weighted by Crippen LogP contribution is -2.58. The number of hydrogen-bond acceptors (Lipinski definition) is 7. The van der Waals surface area contributed by atoms with Crippen LogP contribution in [0.4, 0.5) is 11.4 Å². The van der Waals surface area contributed by atoms with Gasteiger partial charge in [-0.25, -0.2) is 4.99 Å². The first kappa shape index (κ1) is 18.1. The fourth-order valence-electron chi connectivity index (χ4n) is 4.70. The Morgan fingerprint density at radius 2 is 1.63 bits per heavy atom. The molecule has 1 saturated carbocycles. The maximum Gasteiger partial charge on any atom is 0.220 e. The summed E-state index contributed by atoms with van der Waals surface area (Å²) in [4.78, 5) is 16.3. The minimum absolute atomic E-state index is 0.305. The summed E-state index contributed by atoms with van der Waals surface area (Å²) in [5, 5.41) is 0. The van der Waals surface area contributed by atoms with Gasteiger partial charge >= 0.3 is 0 Å². The summed E-state index contributed by atoms with van der Waals surface area (Å²) in [7, 11) is 0. The van der Waals surface area contributed by atoms with Crippen LogP contribution < -0.4 is 21.3 Å². The molecule has 1 aliphatic carbocycles. The molecule has 7 nitrogen and oxygen atoms in total. The molecule has 3 aliphatic rings.